The second-order valence-electron chi connectivity index (χ2n) is 3.95. The van der Waals surface area contributed by atoms with Crippen LogP contribution in [-0.2, 0) is 4.79 Å². The molecule has 2 aliphatic rings. The zero-order chi connectivity index (χ0) is 8.55. The Morgan fingerprint density at radius 2 is 2.33 bits per heavy atom. The lowest BCUT2D eigenvalue weighted by atomic mass is 9.75. The van der Waals surface area contributed by atoms with Gasteiger partial charge in [-0.1, -0.05) is 25.2 Å². The molecule has 0 heterocycles. The van der Waals surface area contributed by atoms with Gasteiger partial charge in [-0.15, -0.1) is 0 Å². The molecular formula is C11H14O. The zero-order valence-electron chi connectivity index (χ0n) is 7.42. The van der Waals surface area contributed by atoms with Crippen LogP contribution in [0.1, 0.15) is 26.2 Å². The lowest BCUT2D eigenvalue weighted by molar-refractivity contribution is -0.118. The first-order valence-electron chi connectivity index (χ1n) is 4.67. The van der Waals surface area contributed by atoms with Gasteiger partial charge in [0.25, 0.3) is 0 Å². The molecule has 0 spiro atoms. The minimum absolute atomic E-state index is 0.378. The molecule has 0 amide bonds. The molecule has 0 aliphatic heterocycles. The Labute approximate surface area is 73.2 Å². The number of carbonyl (C=O) groups excluding carboxylic acids is 1. The predicted molar refractivity (Wildman–Crippen MR) is 48.7 cm³/mol. The van der Waals surface area contributed by atoms with E-state index in [1.807, 2.05) is 12.2 Å². The normalized spacial score (nSPS) is 34.4. The first kappa shape index (κ1) is 7.78. The van der Waals surface area contributed by atoms with E-state index in [9.17, 15) is 4.79 Å². The van der Waals surface area contributed by atoms with Crippen molar-refractivity contribution in [3.8, 4) is 0 Å². The van der Waals surface area contributed by atoms with Crippen LogP contribution < -0.4 is 0 Å². The van der Waals surface area contributed by atoms with Gasteiger partial charge in [0.15, 0.2) is 5.78 Å². The van der Waals surface area contributed by atoms with Crippen LogP contribution in [-0.4, -0.2) is 5.78 Å². The molecule has 0 saturated heterocycles. The van der Waals surface area contributed by atoms with Crippen LogP contribution >= 0.6 is 0 Å². The number of carbonyl (C=O) groups is 1. The number of rotatable bonds is 0. The Kier molecular flexibility index (Phi) is 1.87. The highest BCUT2D eigenvalue weighted by Crippen LogP contribution is 2.34. The van der Waals surface area contributed by atoms with E-state index >= 15 is 0 Å². The predicted octanol–water partition coefficient (Wildman–Crippen LogP) is 2.49. The monoisotopic (exact) mass is 162 g/mol. The van der Waals surface area contributed by atoms with E-state index < -0.39 is 0 Å². The van der Waals surface area contributed by atoms with Crippen molar-refractivity contribution in [2.45, 2.75) is 26.2 Å². The molecule has 2 atom stereocenters. The van der Waals surface area contributed by atoms with Gasteiger partial charge in [-0.2, -0.15) is 0 Å². The summed E-state index contributed by atoms with van der Waals surface area (Å²) in [7, 11) is 0. The molecule has 12 heavy (non-hydrogen) atoms. The van der Waals surface area contributed by atoms with E-state index in [-0.39, 0.29) is 0 Å². The van der Waals surface area contributed by atoms with Crippen molar-refractivity contribution in [1.29, 1.82) is 0 Å². The first-order valence-corrected chi connectivity index (χ1v) is 4.67. The molecule has 2 unspecified atom stereocenters. The summed E-state index contributed by atoms with van der Waals surface area (Å²) in [5, 5.41) is 0. The standard InChI is InChI=1S/C11H14O/c1-8-6-9-4-2-3-5-10(9)11(12)7-8/h2-3,5,8-9H,4,6-7H2,1H3. The Balaban J connectivity index is 2.24. The van der Waals surface area contributed by atoms with Gasteiger partial charge in [0, 0.05) is 6.42 Å². The number of hydrogen-bond acceptors (Lipinski definition) is 1. The molecule has 1 heteroatoms. The van der Waals surface area contributed by atoms with Crippen LogP contribution in [0.15, 0.2) is 23.8 Å². The summed E-state index contributed by atoms with van der Waals surface area (Å²) in [6, 6.07) is 0. The lowest BCUT2D eigenvalue weighted by Gasteiger charge is -2.29. The van der Waals surface area contributed by atoms with E-state index in [1.165, 1.54) is 6.42 Å². The van der Waals surface area contributed by atoms with Crippen molar-refractivity contribution in [3.63, 3.8) is 0 Å². The Bertz CT molecular complexity index is 260. The van der Waals surface area contributed by atoms with Gasteiger partial charge < -0.3 is 0 Å². The summed E-state index contributed by atoms with van der Waals surface area (Å²) in [5.74, 6) is 1.50. The van der Waals surface area contributed by atoms with Gasteiger partial charge in [0.2, 0.25) is 0 Å². The summed E-state index contributed by atoms with van der Waals surface area (Å²) in [5.41, 5.74) is 1.08. The summed E-state index contributed by atoms with van der Waals surface area (Å²) in [4.78, 5) is 11.5. The van der Waals surface area contributed by atoms with E-state index in [0.717, 1.165) is 18.4 Å². The second-order valence-corrected chi connectivity index (χ2v) is 3.95. The molecule has 0 aromatic rings. The summed E-state index contributed by atoms with van der Waals surface area (Å²) in [6.45, 7) is 2.17. The highest BCUT2D eigenvalue weighted by Gasteiger charge is 2.29. The molecule has 0 aromatic carbocycles. The minimum atomic E-state index is 0.378. The number of ketones is 1. The van der Waals surface area contributed by atoms with Crippen molar-refractivity contribution < 1.29 is 4.79 Å². The maximum absolute atomic E-state index is 11.5. The number of fused-ring (bicyclic) bond motifs is 1. The molecule has 0 radical (unpaired) electrons. The molecular weight excluding hydrogens is 148 g/mol. The van der Waals surface area contributed by atoms with Crippen LogP contribution in [0.25, 0.3) is 0 Å². The van der Waals surface area contributed by atoms with Crippen LogP contribution in [0.5, 0.6) is 0 Å². The summed E-state index contributed by atoms with van der Waals surface area (Å²) in [6.07, 6.45) is 9.21. The molecule has 0 bridgehead atoms. The van der Waals surface area contributed by atoms with E-state index in [4.69, 9.17) is 0 Å². The Hall–Kier alpha value is -0.850. The Morgan fingerprint density at radius 3 is 3.17 bits per heavy atom. The number of allylic oxidation sites excluding steroid dienone is 4. The van der Waals surface area contributed by atoms with Crippen molar-refractivity contribution in [3.05, 3.63) is 23.8 Å². The van der Waals surface area contributed by atoms with Gasteiger partial charge in [-0.25, -0.2) is 0 Å². The molecule has 2 aliphatic carbocycles. The second kappa shape index (κ2) is 2.89. The molecule has 1 saturated carbocycles. The van der Waals surface area contributed by atoms with Crippen LogP contribution in [0.3, 0.4) is 0 Å². The highest BCUT2D eigenvalue weighted by atomic mass is 16.1. The average Bonchev–Trinajstić information content (AvgIpc) is 2.04. The van der Waals surface area contributed by atoms with Crippen LogP contribution in [0.2, 0.25) is 0 Å². The molecule has 0 aromatic heterocycles. The molecule has 0 N–H and O–H groups in total. The van der Waals surface area contributed by atoms with Gasteiger partial charge in [-0.05, 0) is 30.3 Å². The maximum atomic E-state index is 11.5. The Morgan fingerprint density at radius 1 is 1.50 bits per heavy atom. The topological polar surface area (TPSA) is 17.1 Å². The highest BCUT2D eigenvalue weighted by molar-refractivity contribution is 5.97. The fourth-order valence-electron chi connectivity index (χ4n) is 2.22. The van der Waals surface area contributed by atoms with Crippen molar-refractivity contribution in [2.75, 3.05) is 0 Å². The van der Waals surface area contributed by atoms with Gasteiger partial charge in [0.1, 0.15) is 0 Å². The molecule has 64 valence electrons. The van der Waals surface area contributed by atoms with E-state index in [1.54, 1.807) is 0 Å². The fraction of sp³-hybridized carbons (Fsp3) is 0.545. The van der Waals surface area contributed by atoms with Crippen molar-refractivity contribution in [1.82, 2.24) is 0 Å². The number of Topliss-reactive ketones (excluding diaryl/α,β-unsaturated/α-hetero) is 1. The van der Waals surface area contributed by atoms with Crippen molar-refractivity contribution >= 4 is 5.78 Å². The van der Waals surface area contributed by atoms with Crippen LogP contribution in [0, 0.1) is 11.8 Å². The zero-order valence-corrected chi connectivity index (χ0v) is 7.42. The van der Waals surface area contributed by atoms with Crippen LogP contribution in [0.4, 0.5) is 0 Å². The van der Waals surface area contributed by atoms with E-state index in [2.05, 4.69) is 13.0 Å². The molecule has 1 nitrogen and oxygen atoms in total. The lowest BCUT2D eigenvalue weighted by Crippen LogP contribution is -2.25. The largest absolute Gasteiger partial charge is 0.295 e. The molecule has 1 fully saturated rings. The quantitative estimate of drug-likeness (QED) is 0.535. The smallest absolute Gasteiger partial charge is 0.159 e. The van der Waals surface area contributed by atoms with Gasteiger partial charge in [-0.3, -0.25) is 4.79 Å². The third kappa shape index (κ3) is 1.24. The van der Waals surface area contributed by atoms with Crippen molar-refractivity contribution in [2.24, 2.45) is 11.8 Å². The number of hydrogen-bond donors (Lipinski definition) is 0. The van der Waals surface area contributed by atoms with Gasteiger partial charge >= 0.3 is 0 Å². The van der Waals surface area contributed by atoms with E-state index in [0.29, 0.717) is 17.6 Å². The first-order chi connectivity index (χ1) is 5.77. The third-order valence-electron chi connectivity index (χ3n) is 2.82. The third-order valence-corrected chi connectivity index (χ3v) is 2.82. The molecule has 2 rings (SSSR count). The maximum Gasteiger partial charge on any atom is 0.159 e. The van der Waals surface area contributed by atoms with Gasteiger partial charge in [0.05, 0.1) is 0 Å². The summed E-state index contributed by atoms with van der Waals surface area (Å²) < 4.78 is 0. The SMILES string of the molecule is CC1CC(=O)C2=CC=CCC2C1. The average molecular weight is 162 g/mol. The minimum Gasteiger partial charge on any atom is -0.295 e. The fourth-order valence-corrected chi connectivity index (χ4v) is 2.22. The summed E-state index contributed by atoms with van der Waals surface area (Å²) >= 11 is 0.